The molecule has 0 bridgehead atoms. The molecule has 9 heteroatoms. The summed E-state index contributed by atoms with van der Waals surface area (Å²) in [7, 11) is 0. The van der Waals surface area contributed by atoms with Gasteiger partial charge in [-0.1, -0.05) is 206 Å². The Morgan fingerprint density at radius 3 is 1.30 bits per heavy atom. The number of anilines is 1. The van der Waals surface area contributed by atoms with Crippen LogP contribution >= 0.6 is 0 Å². The fourth-order valence-electron chi connectivity index (χ4n) is 7.65. The molecule has 2 heterocycles. The van der Waals surface area contributed by atoms with Gasteiger partial charge in [-0.05, 0) is 12.5 Å². The number of aliphatic hydroxyl groups is 3. The third-order valence-corrected chi connectivity index (χ3v) is 11.1. The number of hydrogen-bond acceptors (Lipinski definition) is 7. The molecule has 1 aliphatic rings. The zero-order valence-corrected chi connectivity index (χ0v) is 34.0. The fourth-order valence-corrected chi connectivity index (χ4v) is 7.65. The molecule has 1 fully saturated rings. The van der Waals surface area contributed by atoms with Gasteiger partial charge in [0.25, 0.3) is 0 Å². The molecule has 53 heavy (non-hydrogen) atoms. The third kappa shape index (κ3) is 23.0. The number of rotatable bonds is 36. The van der Waals surface area contributed by atoms with E-state index in [1.165, 1.54) is 198 Å². The number of unbranched alkanes of at least 4 members (excludes halogenated alkanes) is 31. The van der Waals surface area contributed by atoms with Crippen molar-refractivity contribution in [3.8, 4) is 0 Å². The summed E-state index contributed by atoms with van der Waals surface area (Å²) in [4.78, 5) is 28.6. The Balaban J connectivity index is 1.26. The number of ether oxygens (including phenoxy) is 1. The third-order valence-electron chi connectivity index (χ3n) is 11.1. The maximum atomic E-state index is 12.4. The van der Waals surface area contributed by atoms with Crippen molar-refractivity contribution in [3.63, 3.8) is 0 Å². The van der Waals surface area contributed by atoms with Crippen molar-refractivity contribution in [2.75, 3.05) is 11.9 Å². The monoisotopic (exact) mass is 748 g/mol. The van der Waals surface area contributed by atoms with Crippen molar-refractivity contribution in [1.82, 2.24) is 9.55 Å². The van der Waals surface area contributed by atoms with Gasteiger partial charge in [0.1, 0.15) is 24.1 Å². The van der Waals surface area contributed by atoms with E-state index >= 15 is 0 Å². The van der Waals surface area contributed by atoms with Crippen LogP contribution < -0.4 is 11.0 Å². The molecule has 1 saturated heterocycles. The highest BCUT2D eigenvalue weighted by Crippen LogP contribution is 2.28. The molecule has 0 saturated carbocycles. The molecular weight excluding hydrogens is 666 g/mol. The van der Waals surface area contributed by atoms with E-state index in [0.29, 0.717) is 6.42 Å². The molecule has 1 aromatic heterocycles. The van der Waals surface area contributed by atoms with Gasteiger partial charge in [-0.2, -0.15) is 4.98 Å². The van der Waals surface area contributed by atoms with E-state index in [-0.39, 0.29) is 11.7 Å². The van der Waals surface area contributed by atoms with Gasteiger partial charge < -0.3 is 25.4 Å². The van der Waals surface area contributed by atoms with Gasteiger partial charge in [-0.3, -0.25) is 9.36 Å². The number of hydrogen-bond donors (Lipinski definition) is 4. The van der Waals surface area contributed by atoms with Crippen molar-refractivity contribution >= 4 is 11.7 Å². The van der Waals surface area contributed by atoms with Crippen molar-refractivity contribution < 1.29 is 24.9 Å². The standard InChI is InChI=1S/C44H81N3O6/c1-2-3-4-5-6-7-8-9-10-11-12-13-14-15-16-17-18-19-20-21-22-23-24-25-26-27-28-29-30-31-32-33-34-40(49)45-39-35-36-47(44(52)46-39)43-42(51)41(50)38(37-48)53-43/h35-36,38,41-43,48,50-51H,2-34,37H2,1H3,(H,45,46,49,52)/t38-,41-,42+,43-/m1/s1. The molecule has 9 nitrogen and oxygen atoms in total. The van der Waals surface area contributed by atoms with E-state index in [1.54, 1.807) is 0 Å². The summed E-state index contributed by atoms with van der Waals surface area (Å²) in [5.74, 6) is -0.0490. The number of nitrogens with one attached hydrogen (secondary N) is 1. The highest BCUT2D eigenvalue weighted by atomic mass is 16.6. The molecule has 0 radical (unpaired) electrons. The second-order valence-corrected chi connectivity index (χ2v) is 16.0. The first-order valence-electron chi connectivity index (χ1n) is 22.5. The van der Waals surface area contributed by atoms with Crippen LogP contribution in [0, 0.1) is 0 Å². The molecule has 0 unspecified atom stereocenters. The van der Waals surface area contributed by atoms with Crippen molar-refractivity contribution in [3.05, 3.63) is 22.7 Å². The van der Waals surface area contributed by atoms with E-state index in [2.05, 4.69) is 17.2 Å². The van der Waals surface area contributed by atoms with Crippen LogP contribution in [0.1, 0.15) is 225 Å². The Morgan fingerprint density at radius 2 is 0.981 bits per heavy atom. The fraction of sp³-hybridized carbons (Fsp3) is 0.886. The van der Waals surface area contributed by atoms with Gasteiger partial charge in [0.05, 0.1) is 6.61 Å². The van der Waals surface area contributed by atoms with Crippen LogP contribution in [0.15, 0.2) is 17.1 Å². The summed E-state index contributed by atoms with van der Waals surface area (Å²) in [6, 6.07) is 1.46. The first kappa shape index (κ1) is 47.3. The van der Waals surface area contributed by atoms with E-state index in [4.69, 9.17) is 4.74 Å². The molecule has 4 atom stereocenters. The van der Waals surface area contributed by atoms with E-state index in [0.717, 1.165) is 23.8 Å². The summed E-state index contributed by atoms with van der Waals surface area (Å²) in [6.45, 7) is 1.81. The second-order valence-electron chi connectivity index (χ2n) is 16.0. The lowest BCUT2D eigenvalue weighted by Gasteiger charge is -2.17. The SMILES string of the molecule is CCCCCCCCCCCCCCCCCCCCCCCCCCCCCCCCCCC(=O)Nc1ccn([C@@H]2O[C@H](CO)[C@@H](O)[C@@H]2O)c(=O)n1. The number of aliphatic hydroxyl groups excluding tert-OH is 3. The number of nitrogens with zero attached hydrogens (tertiary/aromatic N) is 2. The highest BCUT2D eigenvalue weighted by molar-refractivity contribution is 5.89. The first-order chi connectivity index (χ1) is 26.0. The van der Waals surface area contributed by atoms with Crippen LogP contribution in [0.3, 0.4) is 0 Å². The second kappa shape index (κ2) is 32.4. The average molecular weight is 748 g/mol. The zero-order valence-electron chi connectivity index (χ0n) is 34.0. The lowest BCUT2D eigenvalue weighted by atomic mass is 10.0. The maximum Gasteiger partial charge on any atom is 0.351 e. The molecule has 1 aliphatic heterocycles. The van der Waals surface area contributed by atoms with Crippen LogP contribution in [-0.4, -0.2) is 55.7 Å². The minimum absolute atomic E-state index is 0.138. The lowest BCUT2D eigenvalue weighted by Crippen LogP contribution is -2.36. The van der Waals surface area contributed by atoms with Gasteiger partial charge in [0.15, 0.2) is 6.23 Å². The summed E-state index contributed by atoms with van der Waals surface area (Å²) in [5, 5.41) is 32.0. The van der Waals surface area contributed by atoms with E-state index in [1.807, 2.05) is 0 Å². The van der Waals surface area contributed by atoms with Crippen LogP contribution in [0.2, 0.25) is 0 Å². The Bertz CT molecular complexity index is 1070. The average Bonchev–Trinajstić information content (AvgIpc) is 3.44. The molecule has 0 spiro atoms. The highest BCUT2D eigenvalue weighted by Gasteiger charge is 2.43. The van der Waals surface area contributed by atoms with Gasteiger partial charge in [0, 0.05) is 12.6 Å². The van der Waals surface area contributed by atoms with Crippen molar-refractivity contribution in [2.45, 2.75) is 243 Å². The topological polar surface area (TPSA) is 134 Å². The predicted molar refractivity (Wildman–Crippen MR) is 218 cm³/mol. The molecule has 308 valence electrons. The number of carbonyl (C=O) groups excluding carboxylic acids is 1. The number of amides is 1. The van der Waals surface area contributed by atoms with Crippen LogP contribution in [0.4, 0.5) is 5.82 Å². The first-order valence-corrected chi connectivity index (χ1v) is 22.5. The van der Waals surface area contributed by atoms with Gasteiger partial charge in [-0.15, -0.1) is 0 Å². The minimum Gasteiger partial charge on any atom is -0.394 e. The van der Waals surface area contributed by atoms with Gasteiger partial charge in [-0.25, -0.2) is 4.79 Å². The Hall–Kier alpha value is -1.81. The minimum atomic E-state index is -1.37. The molecule has 1 amide bonds. The normalized spacial score (nSPS) is 18.6. The van der Waals surface area contributed by atoms with Gasteiger partial charge >= 0.3 is 5.69 Å². The van der Waals surface area contributed by atoms with Crippen molar-refractivity contribution in [1.29, 1.82) is 0 Å². The Morgan fingerprint density at radius 1 is 0.623 bits per heavy atom. The summed E-state index contributed by atoms with van der Waals surface area (Å²) >= 11 is 0. The quantitative estimate of drug-likeness (QED) is 0.0502. The zero-order chi connectivity index (χ0) is 38.2. The molecule has 0 aromatic carbocycles. The Labute approximate surface area is 323 Å². The molecule has 2 rings (SSSR count). The van der Waals surface area contributed by atoms with Crippen LogP contribution in [0.5, 0.6) is 0 Å². The summed E-state index contributed by atoms with van der Waals surface area (Å²) in [5.41, 5.74) is -0.723. The maximum absolute atomic E-state index is 12.4. The van der Waals surface area contributed by atoms with Crippen LogP contribution in [0.25, 0.3) is 0 Å². The summed E-state index contributed by atoms with van der Waals surface area (Å²) in [6.07, 6.45) is 40.8. The smallest absolute Gasteiger partial charge is 0.351 e. The molecular formula is C44H81N3O6. The molecule has 0 aliphatic carbocycles. The number of aromatic nitrogens is 2. The van der Waals surface area contributed by atoms with Crippen molar-refractivity contribution in [2.24, 2.45) is 0 Å². The molecule has 1 aromatic rings. The summed E-state index contributed by atoms with van der Waals surface area (Å²) < 4.78 is 6.42. The Kier molecular flexibility index (Phi) is 29.0. The van der Waals surface area contributed by atoms with Gasteiger partial charge in [0.2, 0.25) is 5.91 Å². The van der Waals surface area contributed by atoms with E-state index in [9.17, 15) is 24.9 Å². The predicted octanol–water partition coefficient (Wildman–Crippen LogP) is 10.7. The lowest BCUT2D eigenvalue weighted by molar-refractivity contribution is -0.116. The van der Waals surface area contributed by atoms with E-state index < -0.39 is 36.8 Å². The largest absolute Gasteiger partial charge is 0.394 e. The molecule has 4 N–H and O–H groups in total. The van der Waals surface area contributed by atoms with Crippen LogP contribution in [-0.2, 0) is 9.53 Å². The number of carbonyl (C=O) groups is 1.